The number of benzene rings is 2. The summed E-state index contributed by atoms with van der Waals surface area (Å²) >= 11 is 0. The van der Waals surface area contributed by atoms with E-state index in [4.69, 9.17) is 4.74 Å². The molecule has 1 radical (unpaired) electrons. The number of piperidine rings is 1. The Morgan fingerprint density at radius 2 is 1.79 bits per heavy atom. The molecule has 1 aliphatic rings. The van der Waals surface area contributed by atoms with Gasteiger partial charge < -0.3 is 9.64 Å². The number of hydrogen-bond donors (Lipinski definition) is 0. The van der Waals surface area contributed by atoms with E-state index in [1.54, 1.807) is 30.5 Å². The van der Waals surface area contributed by atoms with Gasteiger partial charge in [-0.2, -0.15) is 18.4 Å². The largest absolute Gasteiger partial charge is 0.496 e. The van der Waals surface area contributed by atoms with Crippen molar-refractivity contribution in [2.75, 3.05) is 25.1 Å². The quantitative estimate of drug-likeness (QED) is 0.453. The zero-order valence-electron chi connectivity index (χ0n) is 17.8. The second-order valence-electron chi connectivity index (χ2n) is 7.69. The van der Waals surface area contributed by atoms with E-state index in [1.165, 1.54) is 19.2 Å². The molecule has 3 aromatic rings. The second-order valence-corrected chi connectivity index (χ2v) is 7.69. The number of anilines is 1. The zero-order valence-corrected chi connectivity index (χ0v) is 17.8. The Morgan fingerprint density at radius 1 is 1.06 bits per heavy atom. The molecule has 0 saturated carbocycles. The summed E-state index contributed by atoms with van der Waals surface area (Å²) in [6.45, 7) is 1.01. The van der Waals surface area contributed by atoms with Crippen LogP contribution in [0.5, 0.6) is 5.75 Å². The van der Waals surface area contributed by atoms with E-state index in [2.05, 4.69) is 4.98 Å². The Bertz CT molecular complexity index is 1190. The maximum atomic E-state index is 14.9. The molecular weight excluding hydrogens is 434 g/mol. The molecule has 0 aliphatic carbocycles. The predicted molar refractivity (Wildman–Crippen MR) is 116 cm³/mol. The third-order valence-electron chi connectivity index (χ3n) is 5.76. The summed E-state index contributed by atoms with van der Waals surface area (Å²) < 4.78 is 59.1. The molecule has 2 heterocycles. The van der Waals surface area contributed by atoms with Gasteiger partial charge in [-0.3, -0.25) is 4.98 Å². The van der Waals surface area contributed by atoms with Crippen LogP contribution < -0.4 is 9.64 Å². The van der Waals surface area contributed by atoms with Crippen LogP contribution in [0, 0.1) is 23.1 Å². The van der Waals surface area contributed by atoms with E-state index >= 15 is 0 Å². The molecule has 2 aromatic carbocycles. The van der Waals surface area contributed by atoms with Crippen molar-refractivity contribution >= 4 is 5.69 Å². The van der Waals surface area contributed by atoms with E-state index in [0.29, 0.717) is 48.5 Å². The van der Waals surface area contributed by atoms with Gasteiger partial charge in [0.05, 0.1) is 23.9 Å². The number of hydrogen-bond acceptors (Lipinski definition) is 4. The fourth-order valence-electron chi connectivity index (χ4n) is 4.05. The van der Waals surface area contributed by atoms with Crippen molar-refractivity contribution < 1.29 is 22.3 Å². The van der Waals surface area contributed by atoms with Crippen LogP contribution in [0.15, 0.2) is 54.7 Å². The number of halogens is 4. The van der Waals surface area contributed by atoms with Crippen molar-refractivity contribution in [3.05, 3.63) is 83.2 Å². The van der Waals surface area contributed by atoms with E-state index in [9.17, 15) is 22.8 Å². The summed E-state index contributed by atoms with van der Waals surface area (Å²) in [5.41, 5.74) is 1.08. The van der Waals surface area contributed by atoms with Crippen LogP contribution in [0.4, 0.5) is 23.2 Å². The smallest absolute Gasteiger partial charge is 0.416 e. The first-order valence-electron chi connectivity index (χ1n) is 10.3. The van der Waals surface area contributed by atoms with Gasteiger partial charge in [0.15, 0.2) is 0 Å². The van der Waals surface area contributed by atoms with Crippen molar-refractivity contribution in [2.24, 2.45) is 0 Å². The summed E-state index contributed by atoms with van der Waals surface area (Å²) in [7, 11) is 1.52. The van der Waals surface area contributed by atoms with Crippen LogP contribution in [0.25, 0.3) is 11.3 Å². The summed E-state index contributed by atoms with van der Waals surface area (Å²) in [5, 5.41) is 9.35. The van der Waals surface area contributed by atoms with Crippen LogP contribution in [0.2, 0.25) is 0 Å². The topological polar surface area (TPSA) is 49.1 Å². The van der Waals surface area contributed by atoms with Crippen molar-refractivity contribution in [1.29, 1.82) is 5.26 Å². The number of methoxy groups -OCH3 is 1. The average molecular weight is 454 g/mol. The molecule has 1 fully saturated rings. The summed E-state index contributed by atoms with van der Waals surface area (Å²) in [5.74, 6) is 1.08. The minimum absolute atomic E-state index is 0.0119. The molecule has 0 unspecified atom stereocenters. The molecule has 0 spiro atoms. The van der Waals surface area contributed by atoms with E-state index in [0.717, 1.165) is 18.1 Å². The number of nitrogens with zero attached hydrogens (tertiary/aromatic N) is 3. The lowest BCUT2D eigenvalue weighted by molar-refractivity contribution is -0.137. The highest BCUT2D eigenvalue weighted by molar-refractivity contribution is 5.68. The lowest BCUT2D eigenvalue weighted by atomic mass is 9.89. The van der Waals surface area contributed by atoms with Gasteiger partial charge in [0.2, 0.25) is 0 Å². The molecule has 1 aromatic heterocycles. The van der Waals surface area contributed by atoms with Crippen LogP contribution >= 0.6 is 0 Å². The Labute approximate surface area is 189 Å². The Balaban J connectivity index is 1.50. The second kappa shape index (κ2) is 9.10. The maximum Gasteiger partial charge on any atom is 0.416 e. The first kappa shape index (κ1) is 22.6. The highest BCUT2D eigenvalue weighted by atomic mass is 19.4. The molecule has 1 saturated heterocycles. The van der Waals surface area contributed by atoms with Gasteiger partial charge in [0.1, 0.15) is 23.3 Å². The zero-order chi connectivity index (χ0) is 23.6. The van der Waals surface area contributed by atoms with Gasteiger partial charge in [-0.15, -0.1) is 0 Å². The molecule has 4 rings (SSSR count). The van der Waals surface area contributed by atoms with Crippen molar-refractivity contribution in [3.63, 3.8) is 0 Å². The van der Waals surface area contributed by atoms with Crippen LogP contribution in [0.3, 0.4) is 0 Å². The minimum atomic E-state index is -4.50. The summed E-state index contributed by atoms with van der Waals surface area (Å²) in [6.07, 6.45) is -1.70. The molecular formula is C25H20F4N3O. The lowest BCUT2D eigenvalue weighted by Gasteiger charge is -2.34. The van der Waals surface area contributed by atoms with Gasteiger partial charge in [0.25, 0.3) is 0 Å². The molecule has 0 bridgehead atoms. The number of ether oxygens (including phenoxy) is 1. The van der Waals surface area contributed by atoms with E-state index < -0.39 is 17.6 Å². The molecule has 0 atom stereocenters. The number of rotatable bonds is 4. The Morgan fingerprint density at radius 3 is 2.42 bits per heavy atom. The molecule has 0 N–H and O–H groups in total. The maximum absolute atomic E-state index is 14.9. The van der Waals surface area contributed by atoms with Crippen LogP contribution in [0.1, 0.15) is 29.5 Å². The lowest BCUT2D eigenvalue weighted by Crippen LogP contribution is -2.33. The molecule has 1 aliphatic heterocycles. The first-order chi connectivity index (χ1) is 15.8. The Hall–Kier alpha value is -3.60. The summed E-state index contributed by atoms with van der Waals surface area (Å²) in [6, 6.07) is 13.6. The van der Waals surface area contributed by atoms with Gasteiger partial charge in [-0.25, -0.2) is 4.39 Å². The number of nitriles is 1. The van der Waals surface area contributed by atoms with E-state index in [-0.39, 0.29) is 11.3 Å². The van der Waals surface area contributed by atoms with Gasteiger partial charge >= 0.3 is 6.18 Å². The Kier molecular flexibility index (Phi) is 6.23. The standard InChI is InChI=1S/C25H20F4N3O/c1-33-23-5-3-2-4-20(23)24-21(26)13-18(15-31-24)16-8-10-32(11-9-16)22-7-6-19(25(27,28)29)12-17(22)14-30/h2-7,12-13,15H,8-11H2,1H3. The van der Waals surface area contributed by atoms with Crippen LogP contribution in [-0.2, 0) is 6.18 Å². The minimum Gasteiger partial charge on any atom is -0.496 e. The van der Waals surface area contributed by atoms with Gasteiger partial charge in [0, 0.05) is 30.8 Å². The predicted octanol–water partition coefficient (Wildman–Crippen LogP) is 6.01. The monoisotopic (exact) mass is 454 g/mol. The van der Waals surface area contributed by atoms with Gasteiger partial charge in [-0.1, -0.05) is 12.1 Å². The molecule has 4 nitrogen and oxygen atoms in total. The SMILES string of the molecule is COc1ccccc1-c1ncc([C]2CCN(c3ccc(C(F)(F)F)cc3C#N)CC2)cc1F. The number of pyridine rings is 1. The average Bonchev–Trinajstić information content (AvgIpc) is 2.83. The molecule has 8 heteroatoms. The van der Waals surface area contributed by atoms with Crippen molar-refractivity contribution in [1.82, 2.24) is 4.98 Å². The third kappa shape index (κ3) is 4.63. The fraction of sp³-hybridized carbons (Fsp3) is 0.240. The molecule has 169 valence electrons. The third-order valence-corrected chi connectivity index (χ3v) is 5.76. The highest BCUT2D eigenvalue weighted by Gasteiger charge is 2.32. The highest BCUT2D eigenvalue weighted by Crippen LogP contribution is 2.36. The normalized spacial score (nSPS) is 14.7. The van der Waals surface area contributed by atoms with Crippen molar-refractivity contribution in [2.45, 2.75) is 19.0 Å². The van der Waals surface area contributed by atoms with Crippen LogP contribution in [-0.4, -0.2) is 25.2 Å². The number of aromatic nitrogens is 1. The molecule has 33 heavy (non-hydrogen) atoms. The van der Waals surface area contributed by atoms with Crippen molar-refractivity contribution in [3.8, 4) is 23.1 Å². The number of alkyl halides is 3. The van der Waals surface area contributed by atoms with E-state index in [1.807, 2.05) is 11.0 Å². The first-order valence-corrected chi connectivity index (χ1v) is 10.3. The fourth-order valence-corrected chi connectivity index (χ4v) is 4.05. The summed E-state index contributed by atoms with van der Waals surface area (Å²) in [4.78, 5) is 6.21. The number of para-hydroxylation sites is 1. The van der Waals surface area contributed by atoms with Gasteiger partial charge in [-0.05, 0) is 54.8 Å². The molecule has 0 amide bonds.